The highest BCUT2D eigenvalue weighted by molar-refractivity contribution is 7.92. The van der Waals surface area contributed by atoms with Gasteiger partial charge >= 0.3 is 0 Å². The number of rotatable bonds is 5. The van der Waals surface area contributed by atoms with Gasteiger partial charge in [0.2, 0.25) is 0 Å². The number of fused-ring (bicyclic) bond motifs is 1. The second kappa shape index (κ2) is 8.56. The molecule has 1 heterocycles. The van der Waals surface area contributed by atoms with Crippen LogP contribution in [0.5, 0.6) is 5.75 Å². The van der Waals surface area contributed by atoms with Gasteiger partial charge in [-0.15, -0.1) is 0 Å². The minimum absolute atomic E-state index is 0.0666. The van der Waals surface area contributed by atoms with E-state index in [4.69, 9.17) is 23.2 Å². The molecule has 0 saturated carbocycles. The van der Waals surface area contributed by atoms with Crippen molar-refractivity contribution < 1.29 is 17.9 Å². The fourth-order valence-electron chi connectivity index (χ4n) is 3.90. The number of aryl methyl sites for hydroxylation is 1. The molecule has 0 saturated heterocycles. The van der Waals surface area contributed by atoms with E-state index >= 15 is 0 Å². The molecular formula is C24H21Cl2FN2O3S. The number of hydrogen-bond donors (Lipinski definition) is 2. The Morgan fingerprint density at radius 3 is 2.33 bits per heavy atom. The normalized spacial score (nSPS) is 12.0. The molecule has 0 unspecified atom stereocenters. The number of anilines is 1. The third-order valence-electron chi connectivity index (χ3n) is 5.32. The summed E-state index contributed by atoms with van der Waals surface area (Å²) in [7, 11) is -4.31. The van der Waals surface area contributed by atoms with Crippen LogP contribution in [0, 0.1) is 12.7 Å². The van der Waals surface area contributed by atoms with Gasteiger partial charge in [-0.25, -0.2) is 12.8 Å². The van der Waals surface area contributed by atoms with Crippen molar-refractivity contribution in [1.29, 1.82) is 0 Å². The van der Waals surface area contributed by atoms with Crippen LogP contribution in [0.15, 0.2) is 59.5 Å². The summed E-state index contributed by atoms with van der Waals surface area (Å²) in [6, 6.07) is 13.9. The highest BCUT2D eigenvalue weighted by Gasteiger charge is 2.28. The first-order valence-corrected chi connectivity index (χ1v) is 12.3. The van der Waals surface area contributed by atoms with Crippen LogP contribution in [0.1, 0.15) is 25.5 Å². The molecule has 172 valence electrons. The molecule has 0 bridgehead atoms. The van der Waals surface area contributed by atoms with E-state index < -0.39 is 26.5 Å². The molecule has 0 radical (unpaired) electrons. The molecule has 33 heavy (non-hydrogen) atoms. The molecule has 0 fully saturated rings. The Balaban J connectivity index is 2.03. The number of sulfonamides is 1. The van der Waals surface area contributed by atoms with Crippen LogP contribution >= 0.6 is 23.2 Å². The third kappa shape index (κ3) is 4.28. The zero-order valence-corrected chi connectivity index (χ0v) is 20.4. The summed E-state index contributed by atoms with van der Waals surface area (Å²) >= 11 is 12.0. The summed E-state index contributed by atoms with van der Waals surface area (Å²) in [6.07, 6.45) is 0. The number of nitrogens with zero attached hydrogens (tertiary/aromatic N) is 1. The Morgan fingerprint density at radius 1 is 1.03 bits per heavy atom. The molecular weight excluding hydrogens is 486 g/mol. The van der Waals surface area contributed by atoms with E-state index in [2.05, 4.69) is 4.72 Å². The molecule has 0 atom stereocenters. The van der Waals surface area contributed by atoms with Crippen molar-refractivity contribution in [2.45, 2.75) is 31.7 Å². The molecule has 0 spiro atoms. The van der Waals surface area contributed by atoms with Gasteiger partial charge in [0.05, 0.1) is 10.5 Å². The van der Waals surface area contributed by atoms with Crippen LogP contribution < -0.4 is 4.72 Å². The number of hydrogen-bond acceptors (Lipinski definition) is 3. The maximum atomic E-state index is 13.6. The van der Waals surface area contributed by atoms with Crippen LogP contribution in [0.4, 0.5) is 10.2 Å². The number of aromatic hydroxyl groups is 1. The summed E-state index contributed by atoms with van der Waals surface area (Å²) < 4.78 is 45.0. The Hall–Kier alpha value is -2.74. The molecule has 2 N–H and O–H groups in total. The van der Waals surface area contributed by atoms with Gasteiger partial charge < -0.3 is 9.67 Å². The van der Waals surface area contributed by atoms with Crippen LogP contribution in [0.3, 0.4) is 0 Å². The van der Waals surface area contributed by atoms with Gasteiger partial charge in [-0.1, -0.05) is 47.5 Å². The van der Waals surface area contributed by atoms with Gasteiger partial charge in [0.1, 0.15) is 16.5 Å². The summed E-state index contributed by atoms with van der Waals surface area (Å²) in [5, 5.41) is 11.0. The Kier molecular flexibility index (Phi) is 6.07. The number of benzene rings is 3. The largest absolute Gasteiger partial charge is 0.505 e. The van der Waals surface area contributed by atoms with E-state index in [0.29, 0.717) is 11.1 Å². The zero-order chi connectivity index (χ0) is 24.1. The van der Waals surface area contributed by atoms with Crippen molar-refractivity contribution in [3.8, 4) is 16.9 Å². The fraction of sp³-hybridized carbons (Fsp3) is 0.167. The third-order valence-corrected chi connectivity index (χ3v) is 7.18. The first-order chi connectivity index (χ1) is 15.5. The van der Waals surface area contributed by atoms with Gasteiger partial charge in [-0.2, -0.15) is 0 Å². The second-order valence-corrected chi connectivity index (χ2v) is 10.5. The molecule has 5 nitrogen and oxygen atoms in total. The number of phenols is 1. The van der Waals surface area contributed by atoms with E-state index in [1.165, 1.54) is 18.2 Å². The molecule has 1 aromatic heterocycles. The molecule has 4 rings (SSSR count). The predicted octanol–water partition coefficient (Wildman–Crippen LogP) is 7.15. The Labute approximate surface area is 201 Å². The van der Waals surface area contributed by atoms with E-state index in [-0.39, 0.29) is 21.9 Å². The highest BCUT2D eigenvalue weighted by Crippen LogP contribution is 2.43. The van der Waals surface area contributed by atoms with Crippen molar-refractivity contribution in [2.24, 2.45) is 0 Å². The van der Waals surface area contributed by atoms with Crippen molar-refractivity contribution in [2.75, 3.05) is 4.72 Å². The SMILES string of the molecule is Cc1ccc2c(-c3ccc(F)cc3)c(NS(=O)(=O)c3cc(Cl)cc(Cl)c3O)n(C(C)C)c2c1. The molecule has 9 heteroatoms. The molecule has 0 amide bonds. The lowest BCUT2D eigenvalue weighted by Gasteiger charge is -2.18. The molecule has 3 aromatic carbocycles. The Morgan fingerprint density at radius 2 is 1.70 bits per heavy atom. The van der Waals surface area contributed by atoms with Crippen molar-refractivity contribution in [1.82, 2.24) is 4.57 Å². The summed E-state index contributed by atoms with van der Waals surface area (Å²) in [4.78, 5) is -0.443. The first kappa shape index (κ1) is 23.4. The van der Waals surface area contributed by atoms with Crippen LogP contribution in [-0.2, 0) is 10.0 Å². The lowest BCUT2D eigenvalue weighted by molar-refractivity contribution is 0.459. The zero-order valence-electron chi connectivity index (χ0n) is 18.0. The standard InChI is InChI=1S/C24H21Cl2FN2O3S/c1-13(2)29-20-10-14(3)4-9-18(20)22(15-5-7-17(27)8-6-15)24(29)28-33(31,32)21-12-16(25)11-19(26)23(21)30/h4-13,28,30H,1-3H3. The topological polar surface area (TPSA) is 71.3 Å². The van der Waals surface area contributed by atoms with E-state index in [1.807, 2.05) is 43.5 Å². The molecule has 4 aromatic rings. The van der Waals surface area contributed by atoms with Gasteiger partial charge in [0, 0.05) is 22.0 Å². The van der Waals surface area contributed by atoms with E-state index in [9.17, 15) is 17.9 Å². The maximum absolute atomic E-state index is 13.6. The predicted molar refractivity (Wildman–Crippen MR) is 131 cm³/mol. The van der Waals surface area contributed by atoms with Gasteiger partial charge in [0.25, 0.3) is 10.0 Å². The van der Waals surface area contributed by atoms with Gasteiger partial charge in [-0.3, -0.25) is 4.72 Å². The van der Waals surface area contributed by atoms with Crippen LogP contribution in [-0.4, -0.2) is 18.1 Å². The van der Waals surface area contributed by atoms with Crippen LogP contribution in [0.25, 0.3) is 22.0 Å². The average Bonchev–Trinajstić information content (AvgIpc) is 3.03. The number of aromatic nitrogens is 1. The smallest absolute Gasteiger partial charge is 0.266 e. The summed E-state index contributed by atoms with van der Waals surface area (Å²) in [5.74, 6) is -0.713. The minimum atomic E-state index is -4.31. The number of nitrogens with one attached hydrogen (secondary N) is 1. The van der Waals surface area contributed by atoms with Crippen molar-refractivity contribution in [3.05, 3.63) is 76.0 Å². The molecule has 0 aliphatic carbocycles. The lowest BCUT2D eigenvalue weighted by Crippen LogP contribution is -2.17. The average molecular weight is 507 g/mol. The molecule has 0 aliphatic rings. The maximum Gasteiger partial charge on any atom is 0.266 e. The number of phenolic OH excluding ortho intramolecular Hbond substituents is 1. The Bertz CT molecular complexity index is 1480. The molecule has 0 aliphatic heterocycles. The van der Waals surface area contributed by atoms with Crippen molar-refractivity contribution in [3.63, 3.8) is 0 Å². The quantitative estimate of drug-likeness (QED) is 0.301. The van der Waals surface area contributed by atoms with Gasteiger partial charge in [-0.05, 0) is 62.2 Å². The highest BCUT2D eigenvalue weighted by atomic mass is 35.5. The second-order valence-electron chi connectivity index (χ2n) is 8.05. The monoisotopic (exact) mass is 506 g/mol. The van der Waals surface area contributed by atoms with E-state index in [1.54, 1.807) is 12.1 Å². The van der Waals surface area contributed by atoms with E-state index in [0.717, 1.165) is 22.5 Å². The van der Waals surface area contributed by atoms with Crippen molar-refractivity contribution >= 4 is 49.9 Å². The first-order valence-electron chi connectivity index (χ1n) is 10.1. The van der Waals surface area contributed by atoms with Gasteiger partial charge in [0.15, 0.2) is 5.75 Å². The minimum Gasteiger partial charge on any atom is -0.505 e. The van der Waals surface area contributed by atoms with Crippen LogP contribution in [0.2, 0.25) is 10.0 Å². The summed E-state index contributed by atoms with van der Waals surface area (Å²) in [6.45, 7) is 5.81. The number of halogens is 3. The fourth-order valence-corrected chi connectivity index (χ4v) is 5.72. The summed E-state index contributed by atoms with van der Waals surface area (Å²) in [5.41, 5.74) is 3.04. The lowest BCUT2D eigenvalue weighted by atomic mass is 10.0.